The molecule has 0 aliphatic carbocycles. The van der Waals surface area contributed by atoms with Gasteiger partial charge in [0, 0.05) is 12.8 Å². The highest BCUT2D eigenvalue weighted by molar-refractivity contribution is 5.82. The maximum Gasteiger partial charge on any atom is 0.238 e. The minimum Gasteiger partial charge on any atom is -0.273 e. The normalized spacial score (nSPS) is 20.7. The molecule has 0 aromatic heterocycles. The molecule has 0 spiro atoms. The molecule has 0 atom stereocenters. The fourth-order valence-electron chi connectivity index (χ4n) is 1.01. The van der Waals surface area contributed by atoms with Crippen molar-refractivity contribution in [3.8, 4) is 0 Å². The van der Waals surface area contributed by atoms with Crippen LogP contribution < -0.4 is 10.9 Å². The summed E-state index contributed by atoms with van der Waals surface area (Å²) in [5.74, 6) is -0.194. The van der Waals surface area contributed by atoms with Crippen LogP contribution in [0, 0.1) is 0 Å². The van der Waals surface area contributed by atoms with Crippen LogP contribution in [0.1, 0.15) is 32.1 Å². The number of nitrogens with one attached hydrogen (secondary N) is 2. The minimum atomic E-state index is -0.0970. The van der Waals surface area contributed by atoms with Crippen molar-refractivity contribution in [1.82, 2.24) is 10.9 Å². The largest absolute Gasteiger partial charge is 0.273 e. The molecule has 1 saturated heterocycles. The topological polar surface area (TPSA) is 58.2 Å². The summed E-state index contributed by atoms with van der Waals surface area (Å²) in [5.41, 5.74) is 4.67. The Bertz CT molecular complexity index is 150. The van der Waals surface area contributed by atoms with Gasteiger partial charge in [0.1, 0.15) is 0 Å². The lowest BCUT2D eigenvalue weighted by atomic mass is 10.1. The van der Waals surface area contributed by atoms with Crippen LogP contribution in [0.25, 0.3) is 0 Å². The van der Waals surface area contributed by atoms with Crippen molar-refractivity contribution in [1.29, 1.82) is 0 Å². The van der Waals surface area contributed by atoms with Crippen molar-refractivity contribution in [2.75, 3.05) is 0 Å². The molecule has 4 heteroatoms. The van der Waals surface area contributed by atoms with Gasteiger partial charge in [-0.2, -0.15) is 0 Å². The van der Waals surface area contributed by atoms with E-state index in [-0.39, 0.29) is 11.8 Å². The predicted octanol–water partition coefficient (Wildman–Crippen LogP) is 0.0979. The molecule has 2 amide bonds. The number of hydrogen-bond donors (Lipinski definition) is 2. The number of hydrazine groups is 1. The van der Waals surface area contributed by atoms with Gasteiger partial charge in [0.25, 0.3) is 0 Å². The van der Waals surface area contributed by atoms with Gasteiger partial charge < -0.3 is 0 Å². The van der Waals surface area contributed by atoms with Gasteiger partial charge in [-0.15, -0.1) is 0 Å². The second kappa shape index (κ2) is 3.95. The van der Waals surface area contributed by atoms with Crippen molar-refractivity contribution in [2.45, 2.75) is 32.1 Å². The van der Waals surface area contributed by atoms with Crippen LogP contribution in [0.3, 0.4) is 0 Å². The van der Waals surface area contributed by atoms with Crippen LogP contribution in [-0.4, -0.2) is 11.8 Å². The van der Waals surface area contributed by atoms with E-state index in [0.717, 1.165) is 19.3 Å². The van der Waals surface area contributed by atoms with E-state index in [9.17, 15) is 9.59 Å². The van der Waals surface area contributed by atoms with Gasteiger partial charge in [-0.25, -0.2) is 0 Å². The third-order valence-corrected chi connectivity index (χ3v) is 1.65. The fraction of sp³-hybridized carbons (Fsp3) is 0.714. The van der Waals surface area contributed by atoms with Gasteiger partial charge in [0.05, 0.1) is 0 Å². The van der Waals surface area contributed by atoms with E-state index in [1.54, 1.807) is 0 Å². The Morgan fingerprint density at radius 3 is 1.73 bits per heavy atom. The third-order valence-electron chi connectivity index (χ3n) is 1.65. The zero-order valence-corrected chi connectivity index (χ0v) is 6.35. The van der Waals surface area contributed by atoms with Gasteiger partial charge in [-0.3, -0.25) is 20.4 Å². The average Bonchev–Trinajstić information content (AvgIpc) is 2.06. The van der Waals surface area contributed by atoms with Gasteiger partial charge in [0.2, 0.25) is 11.8 Å². The highest BCUT2D eigenvalue weighted by Crippen LogP contribution is 2.03. The molecule has 4 nitrogen and oxygen atoms in total. The Hall–Kier alpha value is -1.06. The van der Waals surface area contributed by atoms with E-state index in [1.165, 1.54) is 0 Å². The van der Waals surface area contributed by atoms with Crippen molar-refractivity contribution >= 4 is 11.8 Å². The highest BCUT2D eigenvalue weighted by Gasteiger charge is 2.07. The monoisotopic (exact) mass is 156 g/mol. The number of hydrogen-bond acceptors (Lipinski definition) is 2. The maximum atomic E-state index is 10.8. The molecule has 0 aromatic rings. The molecule has 0 bridgehead atoms. The number of amides is 2. The van der Waals surface area contributed by atoms with Gasteiger partial charge in [0.15, 0.2) is 0 Å². The second-order valence-electron chi connectivity index (χ2n) is 2.66. The van der Waals surface area contributed by atoms with Crippen molar-refractivity contribution in [2.24, 2.45) is 0 Å². The zero-order chi connectivity index (χ0) is 8.10. The first-order valence-corrected chi connectivity index (χ1v) is 3.87. The van der Waals surface area contributed by atoms with Crippen LogP contribution in [-0.2, 0) is 9.59 Å². The lowest BCUT2D eigenvalue weighted by Gasteiger charge is -2.02. The Kier molecular flexibility index (Phi) is 2.89. The summed E-state index contributed by atoms with van der Waals surface area (Å²) in [6.45, 7) is 0. The second-order valence-corrected chi connectivity index (χ2v) is 2.66. The first kappa shape index (κ1) is 8.04. The van der Waals surface area contributed by atoms with E-state index in [4.69, 9.17) is 0 Å². The van der Waals surface area contributed by atoms with E-state index in [2.05, 4.69) is 10.9 Å². The van der Waals surface area contributed by atoms with Gasteiger partial charge >= 0.3 is 0 Å². The molecule has 1 aliphatic rings. The first-order valence-electron chi connectivity index (χ1n) is 3.87. The molecular weight excluding hydrogens is 144 g/mol. The third kappa shape index (κ3) is 3.02. The molecule has 62 valence electrons. The Labute approximate surface area is 65.3 Å². The fourth-order valence-corrected chi connectivity index (χ4v) is 1.01. The number of rotatable bonds is 0. The lowest BCUT2D eigenvalue weighted by Crippen LogP contribution is -2.40. The standard InChI is InChI=1S/C7H12N2O2/c10-6-4-2-1-3-5-7(11)9-8-6/h1-5H2,(H,8,10)(H,9,11). The van der Waals surface area contributed by atoms with Crippen LogP contribution in [0.15, 0.2) is 0 Å². The molecular formula is C7H12N2O2. The highest BCUT2D eigenvalue weighted by atomic mass is 16.2. The van der Waals surface area contributed by atoms with Crippen molar-refractivity contribution in [3.63, 3.8) is 0 Å². The SMILES string of the molecule is O=C1CCCCCC(=O)NN1. The smallest absolute Gasteiger partial charge is 0.238 e. The quantitative estimate of drug-likeness (QED) is 0.522. The summed E-state index contributed by atoms with van der Waals surface area (Å²) >= 11 is 0. The van der Waals surface area contributed by atoms with E-state index in [1.807, 2.05) is 0 Å². The zero-order valence-electron chi connectivity index (χ0n) is 6.35. The first-order chi connectivity index (χ1) is 5.29. The van der Waals surface area contributed by atoms with Crippen LogP contribution >= 0.6 is 0 Å². The number of carbonyl (C=O) groups is 2. The average molecular weight is 156 g/mol. The Morgan fingerprint density at radius 2 is 1.27 bits per heavy atom. The molecule has 1 fully saturated rings. The van der Waals surface area contributed by atoms with E-state index >= 15 is 0 Å². The number of carbonyl (C=O) groups excluding carboxylic acids is 2. The summed E-state index contributed by atoms with van der Waals surface area (Å²) in [4.78, 5) is 21.6. The van der Waals surface area contributed by atoms with Gasteiger partial charge in [-0.1, -0.05) is 6.42 Å². The molecule has 11 heavy (non-hydrogen) atoms. The molecule has 0 radical (unpaired) electrons. The molecule has 0 saturated carbocycles. The molecule has 1 aliphatic heterocycles. The molecule has 2 N–H and O–H groups in total. The molecule has 1 rings (SSSR count). The van der Waals surface area contributed by atoms with Crippen molar-refractivity contribution in [3.05, 3.63) is 0 Å². The molecule has 0 unspecified atom stereocenters. The van der Waals surface area contributed by atoms with E-state index < -0.39 is 0 Å². The Balaban J connectivity index is 2.37. The molecule has 0 aromatic carbocycles. The summed E-state index contributed by atoms with van der Waals surface area (Å²) in [7, 11) is 0. The van der Waals surface area contributed by atoms with Crippen LogP contribution in [0.2, 0.25) is 0 Å². The van der Waals surface area contributed by atoms with Crippen LogP contribution in [0.4, 0.5) is 0 Å². The van der Waals surface area contributed by atoms with Gasteiger partial charge in [-0.05, 0) is 12.8 Å². The minimum absolute atomic E-state index is 0.0970. The molecule has 1 heterocycles. The van der Waals surface area contributed by atoms with Crippen molar-refractivity contribution < 1.29 is 9.59 Å². The summed E-state index contributed by atoms with van der Waals surface area (Å²) in [6.07, 6.45) is 3.74. The Morgan fingerprint density at radius 1 is 0.818 bits per heavy atom. The lowest BCUT2D eigenvalue weighted by molar-refractivity contribution is -0.128. The maximum absolute atomic E-state index is 10.8. The summed E-state index contributed by atoms with van der Waals surface area (Å²) in [6, 6.07) is 0. The van der Waals surface area contributed by atoms with Crippen LogP contribution in [0.5, 0.6) is 0 Å². The predicted molar refractivity (Wildman–Crippen MR) is 39.4 cm³/mol. The summed E-state index contributed by atoms with van der Waals surface area (Å²) in [5, 5.41) is 0. The van der Waals surface area contributed by atoms with E-state index in [0.29, 0.717) is 12.8 Å². The summed E-state index contributed by atoms with van der Waals surface area (Å²) < 4.78 is 0.